The Bertz CT molecular complexity index is 1890. The Morgan fingerprint density at radius 3 is 2.70 bits per heavy atom. The van der Waals surface area contributed by atoms with Gasteiger partial charge in [-0.05, 0) is 60.4 Å². The topological polar surface area (TPSA) is 132 Å². The van der Waals surface area contributed by atoms with Crippen LogP contribution in [-0.4, -0.2) is 41.1 Å². The third-order valence-corrected chi connectivity index (χ3v) is 7.46. The van der Waals surface area contributed by atoms with E-state index in [0.717, 1.165) is 64.9 Å². The standard InChI is InChI=1S/C30H24FN7O2/c31-19-7-17(9-21(39)10-19)22-5-6-33-29-23(22)11-26(36-29)28-24-12-25(34-15-27(24)37-38-28)18-8-20(14-32-13-18)35-30(40)16-3-1-2-4-16/h5-16,39H,1-4H2,(H,33,36)(H,35,40)(H,37,38). The SMILES string of the molecule is O=C(Nc1cncc(-c2cc3c(-c4cc5c(-c6cc(O)cc(F)c6)ccnc5[nH]4)n[nH]c3cn2)c1)C1CCCC1. The summed E-state index contributed by atoms with van der Waals surface area (Å²) in [6.45, 7) is 0. The van der Waals surface area contributed by atoms with Crippen molar-refractivity contribution in [1.29, 1.82) is 0 Å². The van der Waals surface area contributed by atoms with Crippen LogP contribution in [0.3, 0.4) is 0 Å². The zero-order valence-corrected chi connectivity index (χ0v) is 21.3. The van der Waals surface area contributed by atoms with E-state index in [2.05, 4.69) is 35.5 Å². The van der Waals surface area contributed by atoms with Crippen molar-refractivity contribution in [2.45, 2.75) is 25.7 Å². The van der Waals surface area contributed by atoms with Gasteiger partial charge in [0.1, 0.15) is 22.9 Å². The number of halogens is 1. The van der Waals surface area contributed by atoms with Gasteiger partial charge in [-0.15, -0.1) is 0 Å². The van der Waals surface area contributed by atoms with Crippen LogP contribution in [-0.2, 0) is 4.79 Å². The highest BCUT2D eigenvalue weighted by Gasteiger charge is 2.23. The molecule has 4 N–H and O–H groups in total. The van der Waals surface area contributed by atoms with E-state index < -0.39 is 5.82 Å². The van der Waals surface area contributed by atoms with Crippen molar-refractivity contribution >= 4 is 33.5 Å². The van der Waals surface area contributed by atoms with Crippen LogP contribution in [0.4, 0.5) is 10.1 Å². The summed E-state index contributed by atoms with van der Waals surface area (Å²) in [7, 11) is 0. The summed E-state index contributed by atoms with van der Waals surface area (Å²) in [5, 5.41) is 22.1. The number of fused-ring (bicyclic) bond motifs is 2. The van der Waals surface area contributed by atoms with Crippen LogP contribution in [0.1, 0.15) is 25.7 Å². The fourth-order valence-electron chi connectivity index (χ4n) is 5.50. The highest BCUT2D eigenvalue weighted by atomic mass is 19.1. The Labute approximate surface area is 227 Å². The first-order chi connectivity index (χ1) is 19.5. The molecular weight excluding hydrogens is 509 g/mol. The Morgan fingerprint density at radius 1 is 0.975 bits per heavy atom. The van der Waals surface area contributed by atoms with E-state index >= 15 is 0 Å². The summed E-state index contributed by atoms with van der Waals surface area (Å²) in [5.74, 6) is -0.571. The molecule has 1 amide bonds. The van der Waals surface area contributed by atoms with E-state index in [4.69, 9.17) is 0 Å². The number of hydrogen-bond acceptors (Lipinski definition) is 6. The van der Waals surface area contributed by atoms with Crippen LogP contribution in [0.15, 0.2) is 67.3 Å². The minimum atomic E-state index is -0.522. The van der Waals surface area contributed by atoms with Crippen molar-refractivity contribution in [1.82, 2.24) is 30.1 Å². The Balaban J connectivity index is 1.25. The monoisotopic (exact) mass is 533 g/mol. The van der Waals surface area contributed by atoms with Crippen molar-refractivity contribution in [2.24, 2.45) is 5.92 Å². The number of pyridine rings is 3. The van der Waals surface area contributed by atoms with Crippen LogP contribution in [0.25, 0.3) is 55.7 Å². The van der Waals surface area contributed by atoms with Gasteiger partial charge in [0, 0.05) is 40.7 Å². The van der Waals surface area contributed by atoms with E-state index in [9.17, 15) is 14.3 Å². The number of nitrogens with zero attached hydrogens (tertiary/aromatic N) is 4. The van der Waals surface area contributed by atoms with E-state index in [1.807, 2.05) is 18.2 Å². The average Bonchev–Trinajstić information content (AvgIpc) is 3.71. The van der Waals surface area contributed by atoms with Gasteiger partial charge >= 0.3 is 0 Å². The number of rotatable bonds is 5. The van der Waals surface area contributed by atoms with Crippen LogP contribution in [0, 0.1) is 11.7 Å². The fourth-order valence-corrected chi connectivity index (χ4v) is 5.50. The molecule has 0 spiro atoms. The molecule has 1 aromatic carbocycles. The van der Waals surface area contributed by atoms with Gasteiger partial charge in [-0.1, -0.05) is 12.8 Å². The number of aromatic nitrogens is 6. The summed E-state index contributed by atoms with van der Waals surface area (Å²) in [4.78, 5) is 29.3. The first kappa shape index (κ1) is 24.0. The number of carbonyl (C=O) groups is 1. The molecule has 5 aromatic heterocycles. The van der Waals surface area contributed by atoms with Crippen molar-refractivity contribution in [2.75, 3.05) is 5.32 Å². The molecule has 7 rings (SSSR count). The Kier molecular flexibility index (Phi) is 5.73. The Hall–Kier alpha value is -5.12. The van der Waals surface area contributed by atoms with E-state index in [0.29, 0.717) is 28.3 Å². The second kappa shape index (κ2) is 9.57. The minimum Gasteiger partial charge on any atom is -0.508 e. The summed E-state index contributed by atoms with van der Waals surface area (Å²) >= 11 is 0. The zero-order chi connectivity index (χ0) is 27.2. The predicted octanol–water partition coefficient (Wildman–Crippen LogP) is 6.20. The van der Waals surface area contributed by atoms with Crippen molar-refractivity contribution in [3.63, 3.8) is 0 Å². The van der Waals surface area contributed by atoms with Crippen molar-refractivity contribution < 1.29 is 14.3 Å². The van der Waals surface area contributed by atoms with Crippen LogP contribution >= 0.6 is 0 Å². The maximum absolute atomic E-state index is 14.0. The molecule has 6 aromatic rings. The molecule has 0 bridgehead atoms. The number of amides is 1. The van der Waals surface area contributed by atoms with Gasteiger partial charge in [-0.3, -0.25) is 19.9 Å². The Morgan fingerprint density at radius 2 is 1.85 bits per heavy atom. The van der Waals surface area contributed by atoms with Crippen LogP contribution in [0.2, 0.25) is 0 Å². The highest BCUT2D eigenvalue weighted by molar-refractivity contribution is 6.00. The lowest BCUT2D eigenvalue weighted by Gasteiger charge is -2.11. The number of aromatic hydroxyl groups is 1. The lowest BCUT2D eigenvalue weighted by molar-refractivity contribution is -0.119. The number of phenolic OH excluding ortho intramolecular Hbond substituents is 1. The zero-order valence-electron chi connectivity index (χ0n) is 21.3. The summed E-state index contributed by atoms with van der Waals surface area (Å²) in [5.41, 5.74) is 6.11. The molecule has 0 unspecified atom stereocenters. The van der Waals surface area contributed by atoms with E-state index in [1.54, 1.807) is 30.9 Å². The fraction of sp³-hybridized carbons (Fsp3) is 0.167. The maximum atomic E-state index is 14.0. The van der Waals surface area contributed by atoms with Crippen molar-refractivity contribution in [3.8, 4) is 39.5 Å². The quantitative estimate of drug-likeness (QED) is 0.208. The third kappa shape index (κ3) is 4.33. The van der Waals surface area contributed by atoms with Crippen molar-refractivity contribution in [3.05, 3.63) is 73.1 Å². The third-order valence-electron chi connectivity index (χ3n) is 7.46. The largest absolute Gasteiger partial charge is 0.508 e. The number of nitrogens with one attached hydrogen (secondary N) is 3. The second-order valence-corrected chi connectivity index (χ2v) is 10.1. The molecule has 198 valence electrons. The normalized spacial score (nSPS) is 13.8. The number of phenols is 1. The van der Waals surface area contributed by atoms with E-state index in [-0.39, 0.29) is 17.6 Å². The number of benzene rings is 1. The number of aromatic amines is 2. The smallest absolute Gasteiger partial charge is 0.227 e. The molecule has 5 heterocycles. The van der Waals surface area contributed by atoms with Gasteiger partial charge in [0.25, 0.3) is 0 Å². The number of hydrogen-bond donors (Lipinski definition) is 4. The molecule has 1 aliphatic rings. The molecule has 10 heteroatoms. The molecular formula is C30H24FN7O2. The average molecular weight is 534 g/mol. The van der Waals surface area contributed by atoms with E-state index in [1.165, 1.54) is 12.1 Å². The molecule has 0 aliphatic heterocycles. The number of H-pyrrole nitrogens is 2. The molecule has 0 saturated heterocycles. The van der Waals surface area contributed by atoms with Gasteiger partial charge in [0.2, 0.25) is 5.91 Å². The first-order valence-electron chi connectivity index (χ1n) is 13.1. The molecule has 1 fully saturated rings. The van der Waals surface area contributed by atoms with Gasteiger partial charge in [0.15, 0.2) is 0 Å². The molecule has 0 radical (unpaired) electrons. The minimum absolute atomic E-state index is 0.0391. The summed E-state index contributed by atoms with van der Waals surface area (Å²) in [6, 6.07) is 11.5. The van der Waals surface area contributed by atoms with Crippen LogP contribution in [0.5, 0.6) is 5.75 Å². The van der Waals surface area contributed by atoms with Gasteiger partial charge in [-0.25, -0.2) is 9.37 Å². The lowest BCUT2D eigenvalue weighted by atomic mass is 10.0. The van der Waals surface area contributed by atoms with Gasteiger partial charge in [-0.2, -0.15) is 5.10 Å². The van der Waals surface area contributed by atoms with Gasteiger partial charge in [0.05, 0.1) is 35.0 Å². The first-order valence-corrected chi connectivity index (χ1v) is 13.1. The number of anilines is 1. The lowest BCUT2D eigenvalue weighted by Crippen LogP contribution is -2.20. The molecule has 40 heavy (non-hydrogen) atoms. The van der Waals surface area contributed by atoms with Gasteiger partial charge < -0.3 is 15.4 Å². The molecule has 1 aliphatic carbocycles. The second-order valence-electron chi connectivity index (χ2n) is 10.1. The highest BCUT2D eigenvalue weighted by Crippen LogP contribution is 2.35. The summed E-state index contributed by atoms with van der Waals surface area (Å²) in [6.07, 6.45) is 10.7. The molecule has 1 saturated carbocycles. The maximum Gasteiger partial charge on any atom is 0.227 e. The van der Waals surface area contributed by atoms with Crippen LogP contribution < -0.4 is 5.32 Å². The molecule has 0 atom stereocenters. The summed E-state index contributed by atoms with van der Waals surface area (Å²) < 4.78 is 14.0. The number of carbonyl (C=O) groups excluding carboxylic acids is 1. The predicted molar refractivity (Wildman–Crippen MR) is 150 cm³/mol. The molecule has 9 nitrogen and oxygen atoms in total.